The number of pyridine rings is 1. The average molecular weight is 244 g/mol. The van der Waals surface area contributed by atoms with Crippen LogP contribution < -0.4 is 11.1 Å². The number of carbonyl (C=O) groups is 1. The summed E-state index contributed by atoms with van der Waals surface area (Å²) in [6.07, 6.45) is 2.01. The minimum atomic E-state index is -0.384. The zero-order valence-electron chi connectivity index (χ0n) is 8.90. The molecule has 16 heavy (non-hydrogen) atoms. The second-order valence-corrected chi connectivity index (χ2v) is 3.73. The average Bonchev–Trinajstić information content (AvgIpc) is 2.28. The van der Waals surface area contributed by atoms with Crippen molar-refractivity contribution in [2.45, 2.75) is 19.4 Å². The van der Waals surface area contributed by atoms with Gasteiger partial charge in [0.05, 0.1) is 30.1 Å². The fourth-order valence-electron chi connectivity index (χ4n) is 1.16. The fraction of sp³-hybridized carbons (Fsp3) is 0.400. The molecule has 0 unspecified atom stereocenters. The first-order valence-corrected chi connectivity index (χ1v) is 5.29. The Morgan fingerprint density at radius 2 is 2.44 bits per heavy atom. The molecule has 1 aromatic heterocycles. The molecule has 4 N–H and O–H groups in total. The van der Waals surface area contributed by atoms with Crippen molar-refractivity contribution in [3.63, 3.8) is 0 Å². The summed E-state index contributed by atoms with van der Waals surface area (Å²) in [6, 6.07) is 1.17. The third kappa shape index (κ3) is 3.08. The van der Waals surface area contributed by atoms with E-state index in [1.807, 2.05) is 6.92 Å². The molecule has 5 nitrogen and oxygen atoms in total. The lowest BCUT2D eigenvalue weighted by Gasteiger charge is -2.14. The van der Waals surface area contributed by atoms with Gasteiger partial charge in [0.2, 0.25) is 0 Å². The van der Waals surface area contributed by atoms with E-state index < -0.39 is 0 Å². The van der Waals surface area contributed by atoms with Crippen LogP contribution in [0.5, 0.6) is 0 Å². The smallest absolute Gasteiger partial charge is 0.254 e. The third-order valence-electron chi connectivity index (χ3n) is 2.15. The summed E-state index contributed by atoms with van der Waals surface area (Å²) in [4.78, 5) is 15.5. The number of halogens is 1. The van der Waals surface area contributed by atoms with Gasteiger partial charge < -0.3 is 16.2 Å². The molecule has 0 aliphatic heterocycles. The first kappa shape index (κ1) is 12.7. The van der Waals surface area contributed by atoms with E-state index in [-0.39, 0.29) is 29.3 Å². The van der Waals surface area contributed by atoms with Crippen molar-refractivity contribution in [2.75, 3.05) is 12.3 Å². The van der Waals surface area contributed by atoms with Crippen LogP contribution in [-0.2, 0) is 0 Å². The molecule has 88 valence electrons. The van der Waals surface area contributed by atoms with Gasteiger partial charge >= 0.3 is 0 Å². The summed E-state index contributed by atoms with van der Waals surface area (Å²) in [5.41, 5.74) is 6.09. The topological polar surface area (TPSA) is 88.2 Å². The molecule has 0 fully saturated rings. The zero-order chi connectivity index (χ0) is 12.1. The largest absolute Gasteiger partial charge is 0.397 e. The molecular formula is C10H14ClN3O2. The van der Waals surface area contributed by atoms with E-state index in [0.29, 0.717) is 12.1 Å². The molecule has 0 radical (unpaired) electrons. The SMILES string of the molecule is CC[C@@H](CO)NC(=O)c1cc(N)cnc1Cl. The molecule has 1 heterocycles. The molecule has 6 heteroatoms. The Bertz CT molecular complexity index is 380. The number of nitrogens with one attached hydrogen (secondary N) is 1. The first-order valence-electron chi connectivity index (χ1n) is 4.91. The lowest BCUT2D eigenvalue weighted by molar-refractivity contribution is 0.0915. The van der Waals surface area contributed by atoms with Gasteiger partial charge in [-0.15, -0.1) is 0 Å². The number of nitrogens with two attached hydrogens (primary N) is 1. The Morgan fingerprint density at radius 1 is 1.75 bits per heavy atom. The van der Waals surface area contributed by atoms with Gasteiger partial charge in [0.1, 0.15) is 5.15 Å². The molecule has 1 amide bonds. The molecule has 1 aromatic rings. The maximum Gasteiger partial charge on any atom is 0.254 e. The third-order valence-corrected chi connectivity index (χ3v) is 2.45. The Morgan fingerprint density at radius 3 is 3.00 bits per heavy atom. The van der Waals surface area contributed by atoms with E-state index in [2.05, 4.69) is 10.3 Å². The molecule has 0 aromatic carbocycles. The van der Waals surface area contributed by atoms with Crippen molar-refractivity contribution in [3.05, 3.63) is 23.0 Å². The molecule has 0 spiro atoms. The number of carbonyl (C=O) groups excluding carboxylic acids is 1. The van der Waals surface area contributed by atoms with Gasteiger partial charge in [-0.25, -0.2) is 4.98 Å². The second-order valence-electron chi connectivity index (χ2n) is 3.37. The normalized spacial score (nSPS) is 12.2. The Labute approximate surface area is 98.6 Å². The maximum absolute atomic E-state index is 11.7. The Hall–Kier alpha value is -1.33. The standard InChI is InChI=1S/C10H14ClN3O2/c1-2-7(5-15)14-10(16)8-3-6(12)4-13-9(8)11/h3-4,7,15H,2,5,12H2,1H3,(H,14,16)/t7-/m0/s1. The Balaban J connectivity index is 2.83. The number of amides is 1. The van der Waals surface area contributed by atoms with Crippen molar-refractivity contribution >= 4 is 23.2 Å². The first-order chi connectivity index (χ1) is 7.58. The summed E-state index contributed by atoms with van der Waals surface area (Å²) < 4.78 is 0. The zero-order valence-corrected chi connectivity index (χ0v) is 9.66. The van der Waals surface area contributed by atoms with Crippen LogP contribution in [0.3, 0.4) is 0 Å². The summed E-state index contributed by atoms with van der Waals surface area (Å²) in [6.45, 7) is 1.75. The molecule has 0 aliphatic carbocycles. The number of aliphatic hydroxyl groups is 1. The van der Waals surface area contributed by atoms with Crippen LogP contribution in [0.15, 0.2) is 12.3 Å². The predicted molar refractivity (Wildman–Crippen MR) is 62.3 cm³/mol. The highest BCUT2D eigenvalue weighted by atomic mass is 35.5. The highest BCUT2D eigenvalue weighted by Crippen LogP contribution is 2.15. The van der Waals surface area contributed by atoms with Gasteiger partial charge in [0.25, 0.3) is 5.91 Å². The number of hydrogen-bond donors (Lipinski definition) is 3. The minimum absolute atomic E-state index is 0.0968. The van der Waals surface area contributed by atoms with E-state index in [0.717, 1.165) is 0 Å². The van der Waals surface area contributed by atoms with Gasteiger partial charge in [-0.05, 0) is 12.5 Å². The minimum Gasteiger partial charge on any atom is -0.397 e. The highest BCUT2D eigenvalue weighted by molar-refractivity contribution is 6.32. The van der Waals surface area contributed by atoms with Crippen LogP contribution in [0.4, 0.5) is 5.69 Å². The lowest BCUT2D eigenvalue weighted by Crippen LogP contribution is -2.37. The van der Waals surface area contributed by atoms with Gasteiger partial charge in [-0.1, -0.05) is 18.5 Å². The van der Waals surface area contributed by atoms with Crippen LogP contribution in [-0.4, -0.2) is 28.6 Å². The second kappa shape index (κ2) is 5.67. The number of hydrogen-bond acceptors (Lipinski definition) is 4. The van der Waals surface area contributed by atoms with Crippen LogP contribution in [0.1, 0.15) is 23.7 Å². The lowest BCUT2D eigenvalue weighted by atomic mass is 10.2. The molecule has 0 aliphatic rings. The molecule has 1 rings (SSSR count). The molecule has 0 saturated carbocycles. The van der Waals surface area contributed by atoms with Crippen LogP contribution in [0.25, 0.3) is 0 Å². The fourth-order valence-corrected chi connectivity index (χ4v) is 1.35. The van der Waals surface area contributed by atoms with Crippen molar-refractivity contribution in [3.8, 4) is 0 Å². The molecular weight excluding hydrogens is 230 g/mol. The number of rotatable bonds is 4. The van der Waals surface area contributed by atoms with Crippen LogP contribution in [0, 0.1) is 0 Å². The van der Waals surface area contributed by atoms with E-state index in [9.17, 15) is 4.79 Å². The Kier molecular flexibility index (Phi) is 4.52. The van der Waals surface area contributed by atoms with Gasteiger partial charge in [-0.2, -0.15) is 0 Å². The quantitative estimate of drug-likeness (QED) is 0.683. The van der Waals surface area contributed by atoms with Crippen LogP contribution >= 0.6 is 11.6 Å². The number of aromatic nitrogens is 1. The van der Waals surface area contributed by atoms with Gasteiger partial charge in [0.15, 0.2) is 0 Å². The van der Waals surface area contributed by atoms with Gasteiger partial charge in [-0.3, -0.25) is 4.79 Å². The number of aliphatic hydroxyl groups excluding tert-OH is 1. The number of anilines is 1. The van der Waals surface area contributed by atoms with Crippen molar-refractivity contribution < 1.29 is 9.90 Å². The van der Waals surface area contributed by atoms with E-state index in [1.54, 1.807) is 0 Å². The molecule has 1 atom stereocenters. The van der Waals surface area contributed by atoms with Crippen molar-refractivity contribution in [1.82, 2.24) is 10.3 Å². The summed E-state index contributed by atoms with van der Waals surface area (Å²) in [5.74, 6) is -0.384. The number of nitrogen functional groups attached to an aromatic ring is 1. The predicted octanol–water partition coefficient (Wildman–Crippen LogP) is 0.818. The van der Waals surface area contributed by atoms with E-state index in [1.165, 1.54) is 12.3 Å². The van der Waals surface area contributed by atoms with Crippen LogP contribution in [0.2, 0.25) is 5.15 Å². The van der Waals surface area contributed by atoms with Crippen molar-refractivity contribution in [1.29, 1.82) is 0 Å². The monoisotopic (exact) mass is 243 g/mol. The number of nitrogens with zero attached hydrogens (tertiary/aromatic N) is 1. The molecule has 0 bridgehead atoms. The summed E-state index contributed by atoms with van der Waals surface area (Å²) >= 11 is 5.77. The summed E-state index contributed by atoms with van der Waals surface area (Å²) in [5, 5.41) is 11.7. The van der Waals surface area contributed by atoms with Gasteiger partial charge in [0, 0.05) is 0 Å². The summed E-state index contributed by atoms with van der Waals surface area (Å²) in [7, 11) is 0. The maximum atomic E-state index is 11.7. The molecule has 0 saturated heterocycles. The van der Waals surface area contributed by atoms with E-state index in [4.69, 9.17) is 22.4 Å². The van der Waals surface area contributed by atoms with E-state index >= 15 is 0 Å². The highest BCUT2D eigenvalue weighted by Gasteiger charge is 2.15. The van der Waals surface area contributed by atoms with Crippen molar-refractivity contribution in [2.24, 2.45) is 0 Å².